The highest BCUT2D eigenvalue weighted by Crippen LogP contribution is 2.45. The van der Waals surface area contributed by atoms with Gasteiger partial charge in [0.2, 0.25) is 0 Å². The van der Waals surface area contributed by atoms with Crippen molar-refractivity contribution >= 4 is 23.1 Å². The fourth-order valence-electron chi connectivity index (χ4n) is 2.16. The molecule has 0 radical (unpaired) electrons. The molecule has 2 atom stereocenters. The van der Waals surface area contributed by atoms with Crippen molar-refractivity contribution in [1.82, 2.24) is 0 Å². The molecule has 2 heterocycles. The van der Waals surface area contributed by atoms with Crippen molar-refractivity contribution in [2.45, 2.75) is 16.9 Å². The average Bonchev–Trinajstić information content (AvgIpc) is 2.98. The maximum absolute atomic E-state index is 6.36. The molecule has 0 amide bonds. The number of hydrogen-bond donors (Lipinski definition) is 1. The second-order valence-corrected chi connectivity index (χ2v) is 6.04. The van der Waals surface area contributed by atoms with Gasteiger partial charge < -0.3 is 5.73 Å². The predicted molar refractivity (Wildman–Crippen MR) is 71.2 cm³/mol. The lowest BCUT2D eigenvalue weighted by atomic mass is 9.93. The van der Waals surface area contributed by atoms with Crippen LogP contribution < -0.4 is 5.73 Å². The van der Waals surface area contributed by atoms with E-state index in [9.17, 15) is 0 Å². The van der Waals surface area contributed by atoms with Crippen LogP contribution in [0.1, 0.15) is 22.4 Å². The van der Waals surface area contributed by atoms with Crippen LogP contribution in [-0.4, -0.2) is 5.75 Å². The summed E-state index contributed by atoms with van der Waals surface area (Å²) in [7, 11) is 0. The summed E-state index contributed by atoms with van der Waals surface area (Å²) in [6, 6.07) is 13.0. The van der Waals surface area contributed by atoms with Gasteiger partial charge in [-0.15, -0.1) is 23.1 Å². The molecule has 0 saturated carbocycles. The molecule has 1 nitrogen and oxygen atoms in total. The summed E-state index contributed by atoms with van der Waals surface area (Å²) in [5.74, 6) is 1.58. The Morgan fingerprint density at radius 1 is 1.19 bits per heavy atom. The second-order valence-electron chi connectivity index (χ2n) is 4.00. The van der Waals surface area contributed by atoms with E-state index in [0.29, 0.717) is 5.92 Å². The zero-order valence-electron chi connectivity index (χ0n) is 8.80. The first-order valence-corrected chi connectivity index (χ1v) is 7.23. The first kappa shape index (κ1) is 10.4. The number of benzene rings is 1. The first-order chi connectivity index (χ1) is 7.86. The van der Waals surface area contributed by atoms with Gasteiger partial charge in [0.25, 0.3) is 0 Å². The summed E-state index contributed by atoms with van der Waals surface area (Å²) in [6.07, 6.45) is 0. The fraction of sp³-hybridized carbons (Fsp3) is 0.231. The Kier molecular flexibility index (Phi) is 2.75. The van der Waals surface area contributed by atoms with E-state index in [1.54, 1.807) is 11.3 Å². The van der Waals surface area contributed by atoms with Crippen LogP contribution in [0.4, 0.5) is 0 Å². The van der Waals surface area contributed by atoms with Gasteiger partial charge in [0.15, 0.2) is 0 Å². The zero-order chi connectivity index (χ0) is 11.0. The summed E-state index contributed by atoms with van der Waals surface area (Å²) in [6.45, 7) is 0. The van der Waals surface area contributed by atoms with Crippen LogP contribution in [0.25, 0.3) is 0 Å². The highest BCUT2D eigenvalue weighted by molar-refractivity contribution is 7.99. The predicted octanol–water partition coefficient (Wildman–Crippen LogP) is 3.64. The van der Waals surface area contributed by atoms with E-state index in [4.69, 9.17) is 5.73 Å². The van der Waals surface area contributed by atoms with Crippen molar-refractivity contribution in [3.63, 3.8) is 0 Å². The minimum atomic E-state index is 0.149. The topological polar surface area (TPSA) is 26.0 Å². The molecule has 2 aromatic rings. The number of hydrogen-bond acceptors (Lipinski definition) is 3. The van der Waals surface area contributed by atoms with Gasteiger partial charge in [-0.05, 0) is 23.1 Å². The summed E-state index contributed by atoms with van der Waals surface area (Å²) < 4.78 is 0. The molecular formula is C13H13NS2. The maximum Gasteiger partial charge on any atom is 0.0467 e. The van der Waals surface area contributed by atoms with Gasteiger partial charge in [0.1, 0.15) is 0 Å². The first-order valence-electron chi connectivity index (χ1n) is 5.37. The minimum absolute atomic E-state index is 0.149. The van der Waals surface area contributed by atoms with Gasteiger partial charge in [0.05, 0.1) is 0 Å². The highest BCUT2D eigenvalue weighted by atomic mass is 32.2. The molecule has 1 aliphatic heterocycles. The third-order valence-electron chi connectivity index (χ3n) is 3.04. The van der Waals surface area contributed by atoms with Gasteiger partial charge in [0, 0.05) is 27.5 Å². The van der Waals surface area contributed by atoms with E-state index < -0.39 is 0 Å². The number of thiophene rings is 1. The van der Waals surface area contributed by atoms with Crippen LogP contribution in [0.15, 0.2) is 46.7 Å². The molecule has 0 spiro atoms. The monoisotopic (exact) mass is 247 g/mol. The van der Waals surface area contributed by atoms with Crippen molar-refractivity contribution in [2.75, 3.05) is 5.75 Å². The quantitative estimate of drug-likeness (QED) is 0.877. The Hall–Kier alpha value is -0.770. The van der Waals surface area contributed by atoms with E-state index in [1.807, 2.05) is 11.8 Å². The van der Waals surface area contributed by atoms with E-state index in [1.165, 1.54) is 15.3 Å². The molecule has 2 unspecified atom stereocenters. The molecule has 2 N–H and O–H groups in total. The number of fused-ring (bicyclic) bond motifs is 1. The maximum atomic E-state index is 6.36. The SMILES string of the molecule is NC(c1cccs1)C1CSc2ccccc21. The summed E-state index contributed by atoms with van der Waals surface area (Å²) >= 11 is 3.68. The van der Waals surface area contributed by atoms with Crippen LogP contribution in [0, 0.1) is 0 Å². The number of thioether (sulfide) groups is 1. The number of nitrogens with two attached hydrogens (primary N) is 1. The lowest BCUT2D eigenvalue weighted by Gasteiger charge is -2.18. The van der Waals surface area contributed by atoms with Crippen molar-refractivity contribution in [3.05, 3.63) is 52.2 Å². The van der Waals surface area contributed by atoms with Crippen LogP contribution in [0.2, 0.25) is 0 Å². The summed E-state index contributed by atoms with van der Waals surface area (Å²) in [4.78, 5) is 2.70. The second kappa shape index (κ2) is 4.24. The molecule has 0 saturated heterocycles. The molecule has 0 bridgehead atoms. The van der Waals surface area contributed by atoms with Gasteiger partial charge in [-0.1, -0.05) is 24.3 Å². The largest absolute Gasteiger partial charge is 0.323 e. The third kappa shape index (κ3) is 1.69. The standard InChI is InChI=1S/C13H13NS2/c14-13(12-6-3-7-15-12)10-8-16-11-5-2-1-4-9(10)11/h1-7,10,13H,8,14H2. The van der Waals surface area contributed by atoms with E-state index in [2.05, 4.69) is 41.8 Å². The van der Waals surface area contributed by atoms with E-state index in [-0.39, 0.29) is 6.04 Å². The van der Waals surface area contributed by atoms with Gasteiger partial charge in [-0.3, -0.25) is 0 Å². The van der Waals surface area contributed by atoms with Crippen LogP contribution in [0.5, 0.6) is 0 Å². The lowest BCUT2D eigenvalue weighted by Crippen LogP contribution is -2.18. The lowest BCUT2D eigenvalue weighted by molar-refractivity contribution is 0.617. The minimum Gasteiger partial charge on any atom is -0.323 e. The van der Waals surface area contributed by atoms with Crippen molar-refractivity contribution in [2.24, 2.45) is 5.73 Å². The zero-order valence-corrected chi connectivity index (χ0v) is 10.4. The van der Waals surface area contributed by atoms with E-state index in [0.717, 1.165) is 5.75 Å². The highest BCUT2D eigenvalue weighted by Gasteiger charge is 2.29. The molecule has 1 aromatic carbocycles. The van der Waals surface area contributed by atoms with Gasteiger partial charge >= 0.3 is 0 Å². The Labute approximate surface area is 104 Å². The van der Waals surface area contributed by atoms with Crippen LogP contribution in [0.3, 0.4) is 0 Å². The molecule has 1 aliphatic rings. The Balaban J connectivity index is 1.93. The Morgan fingerprint density at radius 3 is 2.88 bits per heavy atom. The molecule has 0 fully saturated rings. The Bertz CT molecular complexity index is 478. The molecule has 0 aliphatic carbocycles. The number of rotatable bonds is 2. The average molecular weight is 247 g/mol. The van der Waals surface area contributed by atoms with Crippen molar-refractivity contribution in [3.8, 4) is 0 Å². The normalized spacial score (nSPS) is 20.7. The fourth-order valence-corrected chi connectivity index (χ4v) is 4.26. The van der Waals surface area contributed by atoms with Gasteiger partial charge in [-0.25, -0.2) is 0 Å². The van der Waals surface area contributed by atoms with Crippen LogP contribution in [-0.2, 0) is 0 Å². The van der Waals surface area contributed by atoms with Crippen molar-refractivity contribution < 1.29 is 0 Å². The molecule has 1 aromatic heterocycles. The van der Waals surface area contributed by atoms with Gasteiger partial charge in [-0.2, -0.15) is 0 Å². The van der Waals surface area contributed by atoms with E-state index >= 15 is 0 Å². The molecule has 16 heavy (non-hydrogen) atoms. The molecule has 82 valence electrons. The summed E-state index contributed by atoms with van der Waals surface area (Å²) in [5, 5.41) is 2.10. The molecular weight excluding hydrogens is 234 g/mol. The smallest absolute Gasteiger partial charge is 0.0467 e. The van der Waals surface area contributed by atoms with Crippen molar-refractivity contribution in [1.29, 1.82) is 0 Å². The molecule has 3 rings (SSSR count). The van der Waals surface area contributed by atoms with Crippen LogP contribution >= 0.6 is 23.1 Å². The Morgan fingerprint density at radius 2 is 2.06 bits per heavy atom. The third-order valence-corrected chi connectivity index (χ3v) is 5.22. The summed E-state index contributed by atoms with van der Waals surface area (Å²) in [5.41, 5.74) is 7.78. The molecule has 3 heteroatoms.